The summed E-state index contributed by atoms with van der Waals surface area (Å²) in [6.07, 6.45) is 3.80. The second-order valence-corrected chi connectivity index (χ2v) is 5.92. The summed E-state index contributed by atoms with van der Waals surface area (Å²) in [6.45, 7) is 3.70. The Hall–Kier alpha value is -3.32. The van der Waals surface area contributed by atoms with E-state index in [2.05, 4.69) is 14.8 Å². The highest BCUT2D eigenvalue weighted by molar-refractivity contribution is 5.93. The van der Waals surface area contributed by atoms with Gasteiger partial charge in [-0.2, -0.15) is 4.89 Å². The predicted molar refractivity (Wildman–Crippen MR) is 102 cm³/mol. The van der Waals surface area contributed by atoms with E-state index in [1.807, 2.05) is 32.0 Å². The first-order chi connectivity index (χ1) is 13.6. The van der Waals surface area contributed by atoms with E-state index in [0.29, 0.717) is 40.8 Å². The Morgan fingerprint density at radius 2 is 2.07 bits per heavy atom. The van der Waals surface area contributed by atoms with Gasteiger partial charge in [0, 0.05) is 11.1 Å². The Morgan fingerprint density at radius 1 is 1.25 bits per heavy atom. The number of hydrogen-bond donors (Lipinski definition) is 0. The molecule has 0 aliphatic heterocycles. The quantitative estimate of drug-likeness (QED) is 0.329. The zero-order valence-electron chi connectivity index (χ0n) is 16.1. The van der Waals surface area contributed by atoms with Gasteiger partial charge in [0.25, 0.3) is 5.89 Å². The van der Waals surface area contributed by atoms with Gasteiger partial charge >= 0.3 is 5.97 Å². The minimum absolute atomic E-state index is 0.402. The van der Waals surface area contributed by atoms with Crippen molar-refractivity contribution in [2.75, 3.05) is 14.2 Å². The number of benzene rings is 1. The fourth-order valence-corrected chi connectivity index (χ4v) is 2.78. The topological polar surface area (TPSA) is 83.9 Å². The molecule has 0 bridgehead atoms. The zero-order chi connectivity index (χ0) is 20.1. The summed E-state index contributed by atoms with van der Waals surface area (Å²) in [5.74, 6) is 1.68. The molecule has 3 rings (SSSR count). The first kappa shape index (κ1) is 19.4. The number of methoxy groups -OCH3 is 1. The Bertz CT molecular complexity index is 985. The van der Waals surface area contributed by atoms with Gasteiger partial charge in [-0.25, -0.2) is 9.78 Å². The molecule has 0 atom stereocenters. The number of hydrogen-bond acceptors (Lipinski definition) is 7. The molecule has 3 aromatic rings. The number of oxazole rings is 1. The molecule has 0 saturated heterocycles. The van der Waals surface area contributed by atoms with E-state index in [0.717, 1.165) is 11.1 Å². The maximum Gasteiger partial charge on any atom is 0.369 e. The van der Waals surface area contributed by atoms with Crippen molar-refractivity contribution in [3.63, 3.8) is 0 Å². The van der Waals surface area contributed by atoms with Crippen LogP contribution in [-0.4, -0.2) is 25.2 Å². The molecule has 2 heterocycles. The van der Waals surface area contributed by atoms with E-state index < -0.39 is 5.97 Å². The molecule has 0 aliphatic carbocycles. The van der Waals surface area contributed by atoms with E-state index in [9.17, 15) is 4.79 Å². The molecular formula is C21H21NO6. The highest BCUT2D eigenvalue weighted by Gasteiger charge is 2.18. The summed E-state index contributed by atoms with van der Waals surface area (Å²) in [4.78, 5) is 25.5. The van der Waals surface area contributed by atoms with Gasteiger partial charge < -0.3 is 13.6 Å². The summed E-state index contributed by atoms with van der Waals surface area (Å²) in [6, 6.07) is 9.12. The first-order valence-electron chi connectivity index (χ1n) is 8.72. The second kappa shape index (κ2) is 8.58. The molecule has 28 heavy (non-hydrogen) atoms. The summed E-state index contributed by atoms with van der Waals surface area (Å²) in [5.41, 5.74) is 2.71. The van der Waals surface area contributed by atoms with Crippen molar-refractivity contribution in [3.05, 3.63) is 53.5 Å². The summed E-state index contributed by atoms with van der Waals surface area (Å²) in [5, 5.41) is 0. The van der Waals surface area contributed by atoms with Crippen molar-refractivity contribution in [2.24, 2.45) is 0 Å². The second-order valence-electron chi connectivity index (χ2n) is 5.92. The summed E-state index contributed by atoms with van der Waals surface area (Å²) >= 11 is 0. The zero-order valence-corrected chi connectivity index (χ0v) is 16.1. The summed E-state index contributed by atoms with van der Waals surface area (Å²) in [7, 11) is 2.87. The van der Waals surface area contributed by atoms with Crippen molar-refractivity contribution >= 4 is 12.0 Å². The van der Waals surface area contributed by atoms with Crippen molar-refractivity contribution in [3.8, 4) is 28.7 Å². The normalized spacial score (nSPS) is 11.5. The van der Waals surface area contributed by atoms with Crippen molar-refractivity contribution < 1.29 is 28.1 Å². The Balaban J connectivity index is 1.97. The lowest BCUT2D eigenvalue weighted by atomic mass is 10.0. The van der Waals surface area contributed by atoms with E-state index in [1.54, 1.807) is 31.6 Å². The highest BCUT2D eigenvalue weighted by atomic mass is 17.2. The Morgan fingerprint density at radius 3 is 2.71 bits per heavy atom. The van der Waals surface area contributed by atoms with Gasteiger partial charge in [0.05, 0.1) is 20.5 Å². The van der Waals surface area contributed by atoms with Crippen LogP contribution in [0, 0.1) is 6.92 Å². The van der Waals surface area contributed by atoms with Gasteiger partial charge in [-0.1, -0.05) is 13.0 Å². The number of furan rings is 1. The van der Waals surface area contributed by atoms with Gasteiger partial charge in [0.2, 0.25) is 0 Å². The Kier molecular flexibility index (Phi) is 5.96. The van der Waals surface area contributed by atoms with Gasteiger partial charge in [-0.3, -0.25) is 4.89 Å². The standard InChI is InChI=1S/C21H21NO6/c1-5-15(21(23)28-25-4)11-14-8-9-16(18(12-14)24-3)19-13(2)27-20(22-19)17-7-6-10-26-17/h6-12H,5H2,1-4H3. The van der Waals surface area contributed by atoms with Crippen LogP contribution < -0.4 is 4.74 Å². The minimum Gasteiger partial charge on any atom is -0.496 e. The van der Waals surface area contributed by atoms with Crippen LogP contribution in [0.3, 0.4) is 0 Å². The number of carbonyl (C=O) groups excluding carboxylic acids is 1. The molecule has 1 aromatic carbocycles. The minimum atomic E-state index is -0.525. The summed E-state index contributed by atoms with van der Waals surface area (Å²) < 4.78 is 16.6. The number of rotatable bonds is 7. The molecule has 2 aromatic heterocycles. The largest absolute Gasteiger partial charge is 0.496 e. The molecular weight excluding hydrogens is 362 g/mol. The predicted octanol–water partition coefficient (Wildman–Crippen LogP) is 4.82. The number of nitrogens with zero attached hydrogens (tertiary/aromatic N) is 1. The van der Waals surface area contributed by atoms with E-state index in [-0.39, 0.29) is 0 Å². The molecule has 0 radical (unpaired) electrons. The van der Waals surface area contributed by atoms with Crippen LogP contribution in [0.1, 0.15) is 24.7 Å². The lowest BCUT2D eigenvalue weighted by Gasteiger charge is -2.09. The fourth-order valence-electron chi connectivity index (χ4n) is 2.78. The molecule has 0 N–H and O–H groups in total. The average Bonchev–Trinajstić information content (AvgIpc) is 3.35. The maximum atomic E-state index is 11.9. The van der Waals surface area contributed by atoms with Crippen LogP contribution in [0.25, 0.3) is 29.0 Å². The average molecular weight is 383 g/mol. The van der Waals surface area contributed by atoms with Gasteiger partial charge in [0.15, 0.2) is 5.76 Å². The monoisotopic (exact) mass is 383 g/mol. The van der Waals surface area contributed by atoms with Crippen LogP contribution in [0.4, 0.5) is 0 Å². The van der Waals surface area contributed by atoms with Crippen LogP contribution in [0.2, 0.25) is 0 Å². The van der Waals surface area contributed by atoms with Crippen LogP contribution in [0.15, 0.2) is 51.0 Å². The number of carbonyl (C=O) groups is 1. The first-order valence-corrected chi connectivity index (χ1v) is 8.72. The van der Waals surface area contributed by atoms with Crippen LogP contribution in [-0.2, 0) is 14.6 Å². The fraction of sp³-hybridized carbons (Fsp3) is 0.238. The number of aryl methyl sites for hydroxylation is 1. The smallest absolute Gasteiger partial charge is 0.369 e. The lowest BCUT2D eigenvalue weighted by Crippen LogP contribution is -2.06. The molecule has 0 amide bonds. The molecule has 0 saturated carbocycles. The SMILES string of the molecule is CCC(=Cc1ccc(-c2nc(-c3ccco3)oc2C)c(OC)c1)C(=O)OOC. The molecule has 7 heteroatoms. The maximum absolute atomic E-state index is 11.9. The van der Waals surface area contributed by atoms with Crippen LogP contribution in [0.5, 0.6) is 5.75 Å². The molecule has 146 valence electrons. The lowest BCUT2D eigenvalue weighted by molar-refractivity contribution is -0.250. The van der Waals surface area contributed by atoms with Crippen LogP contribution >= 0.6 is 0 Å². The van der Waals surface area contributed by atoms with E-state index in [4.69, 9.17) is 13.6 Å². The molecule has 0 spiro atoms. The van der Waals surface area contributed by atoms with Crippen molar-refractivity contribution in [1.29, 1.82) is 0 Å². The van der Waals surface area contributed by atoms with E-state index in [1.165, 1.54) is 7.11 Å². The molecule has 0 unspecified atom stereocenters. The third-order valence-corrected chi connectivity index (χ3v) is 4.15. The molecule has 7 nitrogen and oxygen atoms in total. The van der Waals surface area contributed by atoms with E-state index >= 15 is 0 Å². The van der Waals surface area contributed by atoms with Gasteiger partial charge in [-0.05, 0) is 49.2 Å². The highest BCUT2D eigenvalue weighted by Crippen LogP contribution is 2.35. The van der Waals surface area contributed by atoms with Gasteiger partial charge in [0.1, 0.15) is 17.2 Å². The third kappa shape index (κ3) is 3.99. The van der Waals surface area contributed by atoms with Gasteiger partial charge in [-0.15, -0.1) is 0 Å². The van der Waals surface area contributed by atoms with Crippen molar-refractivity contribution in [2.45, 2.75) is 20.3 Å². The number of aromatic nitrogens is 1. The Labute approximate surface area is 162 Å². The third-order valence-electron chi connectivity index (χ3n) is 4.15. The molecule has 0 fully saturated rings. The number of ether oxygens (including phenoxy) is 1. The van der Waals surface area contributed by atoms with Crippen molar-refractivity contribution in [1.82, 2.24) is 4.98 Å². The molecule has 0 aliphatic rings.